The highest BCUT2D eigenvalue weighted by atomic mass is 79.9. The van der Waals surface area contributed by atoms with Gasteiger partial charge in [-0.05, 0) is 71.0 Å². The summed E-state index contributed by atoms with van der Waals surface area (Å²) < 4.78 is 17.7. The van der Waals surface area contributed by atoms with E-state index in [4.69, 9.17) is 9.47 Å². The minimum atomic E-state index is 0.633. The van der Waals surface area contributed by atoms with Gasteiger partial charge >= 0.3 is 0 Å². The third kappa shape index (κ3) is 20.2. The van der Waals surface area contributed by atoms with E-state index in [0.29, 0.717) is 11.8 Å². The van der Waals surface area contributed by atoms with Crippen LogP contribution in [0.2, 0.25) is 0 Å². The average Bonchev–Trinajstić information content (AvgIpc) is 3.83. The number of benzene rings is 1. The van der Waals surface area contributed by atoms with Gasteiger partial charge in [0.05, 0.1) is 26.4 Å². The number of fused-ring (bicyclic) bond motifs is 2. The van der Waals surface area contributed by atoms with Crippen LogP contribution in [0, 0.1) is 11.8 Å². The van der Waals surface area contributed by atoms with Crippen molar-refractivity contribution in [2.75, 3.05) is 13.2 Å². The van der Waals surface area contributed by atoms with Crippen LogP contribution in [0.5, 0.6) is 11.5 Å². The van der Waals surface area contributed by atoms with Gasteiger partial charge < -0.3 is 9.47 Å². The quantitative estimate of drug-likeness (QED) is 0.0535. The molecule has 0 spiro atoms. The van der Waals surface area contributed by atoms with E-state index >= 15 is 0 Å². The van der Waals surface area contributed by atoms with Crippen LogP contribution in [0.15, 0.2) is 21.3 Å². The van der Waals surface area contributed by atoms with Gasteiger partial charge in [0.2, 0.25) is 0 Å². The fourth-order valence-corrected chi connectivity index (χ4v) is 11.0. The molecular weight excluding hydrogens is 777 g/mol. The average molecular weight is 862 g/mol. The van der Waals surface area contributed by atoms with Crippen molar-refractivity contribution in [3.8, 4) is 11.5 Å². The van der Waals surface area contributed by atoms with Crippen molar-refractivity contribution in [1.29, 1.82) is 0 Å². The van der Waals surface area contributed by atoms with Crippen LogP contribution >= 0.6 is 38.6 Å². The molecule has 5 heteroatoms. The van der Waals surface area contributed by atoms with Crippen LogP contribution in [0.1, 0.15) is 233 Å². The van der Waals surface area contributed by atoms with E-state index in [0.717, 1.165) is 24.7 Å². The molecule has 2 nitrogen and oxygen atoms in total. The summed E-state index contributed by atoms with van der Waals surface area (Å²) in [5.41, 5.74) is 0. The summed E-state index contributed by atoms with van der Waals surface area (Å²) in [7, 11) is 0. The van der Waals surface area contributed by atoms with Gasteiger partial charge in [-0.25, -0.2) is 0 Å². The summed E-state index contributed by atoms with van der Waals surface area (Å²) >= 11 is 7.54. The summed E-state index contributed by atoms with van der Waals surface area (Å²) in [4.78, 5) is 0. The Morgan fingerprint density at radius 2 is 0.800 bits per heavy atom. The first-order chi connectivity index (χ1) is 27.1. The number of hydrogen-bond acceptors (Lipinski definition) is 4. The maximum Gasteiger partial charge on any atom is 0.146 e. The van der Waals surface area contributed by atoms with E-state index < -0.39 is 0 Å². The van der Waals surface area contributed by atoms with Gasteiger partial charge in [0.15, 0.2) is 0 Å². The van der Waals surface area contributed by atoms with Gasteiger partial charge in [-0.15, -0.1) is 22.7 Å². The lowest BCUT2D eigenvalue weighted by Gasteiger charge is -2.21. The van der Waals surface area contributed by atoms with E-state index in [1.165, 1.54) is 229 Å². The summed E-state index contributed by atoms with van der Waals surface area (Å²) in [6, 6.07) is 4.60. The summed E-state index contributed by atoms with van der Waals surface area (Å²) in [6.07, 6.45) is 43.8. The highest BCUT2D eigenvalue weighted by Crippen LogP contribution is 2.50. The van der Waals surface area contributed by atoms with E-state index in [9.17, 15) is 0 Å². The van der Waals surface area contributed by atoms with Crippen LogP contribution in [0.4, 0.5) is 0 Å². The molecule has 2 atom stereocenters. The first-order valence-corrected chi connectivity index (χ1v) is 26.5. The zero-order chi connectivity index (χ0) is 39.2. The lowest BCUT2D eigenvalue weighted by molar-refractivity contribution is 0.225. The van der Waals surface area contributed by atoms with Crippen molar-refractivity contribution in [2.24, 2.45) is 11.8 Å². The molecule has 2 heterocycles. The fraction of sp³-hybridized carbons (Fsp3) is 0.800. The van der Waals surface area contributed by atoms with Gasteiger partial charge in [-0.1, -0.05) is 207 Å². The zero-order valence-corrected chi connectivity index (χ0v) is 39.7. The molecule has 316 valence electrons. The Labute approximate surface area is 357 Å². The molecule has 3 aromatic rings. The topological polar surface area (TPSA) is 18.5 Å². The van der Waals surface area contributed by atoms with Crippen LogP contribution in [-0.2, 0) is 0 Å². The number of halogens is 1. The molecule has 0 aliphatic heterocycles. The second-order valence-electron chi connectivity index (χ2n) is 17.1. The van der Waals surface area contributed by atoms with Crippen molar-refractivity contribution in [1.82, 2.24) is 0 Å². The predicted octanol–water partition coefficient (Wildman–Crippen LogP) is 19.4. The summed E-state index contributed by atoms with van der Waals surface area (Å²) in [6.45, 7) is 10.9. The first kappa shape index (κ1) is 48.6. The number of hydrogen-bond donors (Lipinski definition) is 0. The monoisotopic (exact) mass is 861 g/mol. The lowest BCUT2D eigenvalue weighted by Crippen LogP contribution is -2.14. The van der Waals surface area contributed by atoms with Crippen molar-refractivity contribution in [3.63, 3.8) is 0 Å². The Bertz CT molecular complexity index is 1230. The molecular formula is C50H85BrO2S2. The molecule has 0 aliphatic carbocycles. The SMILES string of the molecule is CCCCCCCCCCC(CCCCCCCC)COc1c2cc(Br)sc2c(OCC(CCCCCCCC)CCCCCCCCCC)c2ccsc12. The van der Waals surface area contributed by atoms with Gasteiger partial charge in [0.1, 0.15) is 11.5 Å². The van der Waals surface area contributed by atoms with Gasteiger partial charge in [-0.2, -0.15) is 0 Å². The Kier molecular flexibility index (Phi) is 28.4. The number of unbranched alkanes of at least 4 members (excludes halogenated alkanes) is 24. The van der Waals surface area contributed by atoms with Gasteiger partial charge in [-0.3, -0.25) is 0 Å². The molecule has 0 radical (unpaired) electrons. The molecule has 0 saturated heterocycles. The van der Waals surface area contributed by atoms with Crippen molar-refractivity contribution in [2.45, 2.75) is 233 Å². The van der Waals surface area contributed by atoms with Gasteiger partial charge in [0, 0.05) is 10.8 Å². The number of rotatable bonds is 38. The maximum atomic E-state index is 7.01. The Morgan fingerprint density at radius 3 is 1.18 bits per heavy atom. The lowest BCUT2D eigenvalue weighted by atomic mass is 9.94. The zero-order valence-electron chi connectivity index (χ0n) is 36.4. The van der Waals surface area contributed by atoms with Crippen molar-refractivity contribution in [3.05, 3.63) is 21.3 Å². The maximum absolute atomic E-state index is 7.01. The molecule has 0 saturated carbocycles. The molecule has 0 fully saturated rings. The van der Waals surface area contributed by atoms with Crippen LogP contribution in [-0.4, -0.2) is 13.2 Å². The second-order valence-corrected chi connectivity index (χ2v) is 20.5. The first-order valence-electron chi connectivity index (χ1n) is 24.0. The molecule has 2 unspecified atom stereocenters. The highest BCUT2D eigenvalue weighted by Gasteiger charge is 2.22. The minimum absolute atomic E-state index is 0.633. The third-order valence-electron chi connectivity index (χ3n) is 12.1. The van der Waals surface area contributed by atoms with E-state index in [1.807, 2.05) is 22.7 Å². The van der Waals surface area contributed by atoms with Crippen LogP contribution in [0.3, 0.4) is 0 Å². The van der Waals surface area contributed by atoms with Crippen molar-refractivity contribution >= 4 is 58.8 Å². The smallest absolute Gasteiger partial charge is 0.146 e. The number of ether oxygens (including phenoxy) is 2. The Balaban J connectivity index is 1.67. The van der Waals surface area contributed by atoms with E-state index in [2.05, 4.69) is 61.1 Å². The number of thiophene rings is 2. The summed E-state index contributed by atoms with van der Waals surface area (Å²) in [5, 5.41) is 4.75. The third-order valence-corrected chi connectivity index (χ3v) is 14.6. The Hall–Kier alpha value is -0.780. The van der Waals surface area contributed by atoms with E-state index in [-0.39, 0.29) is 0 Å². The van der Waals surface area contributed by atoms with Gasteiger partial charge in [0.25, 0.3) is 0 Å². The molecule has 55 heavy (non-hydrogen) atoms. The minimum Gasteiger partial charge on any atom is -0.491 e. The largest absolute Gasteiger partial charge is 0.491 e. The normalized spacial score (nSPS) is 13.0. The second kappa shape index (κ2) is 32.1. The molecule has 0 bridgehead atoms. The predicted molar refractivity (Wildman–Crippen MR) is 253 cm³/mol. The molecule has 0 aliphatic rings. The fourth-order valence-electron chi connectivity index (χ4n) is 8.48. The molecule has 0 N–H and O–H groups in total. The molecule has 2 aromatic heterocycles. The highest BCUT2D eigenvalue weighted by molar-refractivity contribution is 9.11. The van der Waals surface area contributed by atoms with Crippen molar-refractivity contribution < 1.29 is 9.47 Å². The molecule has 3 rings (SSSR count). The van der Waals surface area contributed by atoms with Crippen LogP contribution in [0.25, 0.3) is 20.2 Å². The van der Waals surface area contributed by atoms with Crippen LogP contribution < -0.4 is 9.47 Å². The molecule has 0 amide bonds. The standard InChI is InChI=1S/C50H85BrO2S2/c1-5-9-13-17-21-23-27-31-35-42(33-29-25-19-15-11-7-3)40-52-47-44-37-38-54-49(44)48(45-39-46(51)55-50(45)47)53-41-43(34-30-26-20-16-12-8-4)36-32-28-24-22-18-14-10-6-2/h37-39,42-43H,5-36,40-41H2,1-4H3. The van der Waals surface area contributed by atoms with E-state index in [1.54, 1.807) is 0 Å². The Morgan fingerprint density at radius 1 is 0.455 bits per heavy atom. The summed E-state index contributed by atoms with van der Waals surface area (Å²) in [5.74, 6) is 3.46. The molecule has 1 aromatic carbocycles.